The molecule has 116 valence electrons. The molecule has 20 heavy (non-hydrogen) atoms. The number of rotatable bonds is 9. The van der Waals surface area contributed by atoms with Crippen LogP contribution in [0.1, 0.15) is 50.5 Å². The predicted molar refractivity (Wildman–Crippen MR) is 85.7 cm³/mol. The lowest BCUT2D eigenvalue weighted by molar-refractivity contribution is 0.567. The van der Waals surface area contributed by atoms with Crippen LogP contribution < -0.4 is 10.0 Å². The molecule has 1 aromatic heterocycles. The molecule has 1 rings (SSSR count). The predicted octanol–water partition coefficient (Wildman–Crippen LogP) is 3.02. The number of hydrogen-bond acceptors (Lipinski definition) is 4. The normalized spacial score (nSPS) is 12.2. The van der Waals surface area contributed by atoms with Crippen LogP contribution in [0.5, 0.6) is 0 Å². The van der Waals surface area contributed by atoms with Crippen LogP contribution in [0.3, 0.4) is 0 Å². The minimum Gasteiger partial charge on any atom is -0.310 e. The quantitative estimate of drug-likeness (QED) is 0.688. The standard InChI is InChI=1S/C14H26N2O2S2/c1-5-6-7-8-16-20(17,18)14-12(4)10-19-13(14)9-15-11(2)3/h10-11,15-16H,5-9H2,1-4H3. The molecule has 0 spiro atoms. The van der Waals surface area contributed by atoms with E-state index in [1.807, 2.05) is 12.3 Å². The molecule has 0 aliphatic carbocycles. The van der Waals surface area contributed by atoms with E-state index in [1.54, 1.807) is 0 Å². The number of sulfonamides is 1. The van der Waals surface area contributed by atoms with Crippen molar-refractivity contribution in [3.05, 3.63) is 15.8 Å². The number of hydrogen-bond donors (Lipinski definition) is 2. The molecule has 0 saturated carbocycles. The van der Waals surface area contributed by atoms with E-state index < -0.39 is 10.0 Å². The Hall–Kier alpha value is -0.430. The molecule has 2 N–H and O–H groups in total. The first-order valence-corrected chi connectivity index (χ1v) is 9.54. The van der Waals surface area contributed by atoms with Gasteiger partial charge in [0.25, 0.3) is 0 Å². The van der Waals surface area contributed by atoms with Gasteiger partial charge < -0.3 is 5.32 Å². The molecule has 0 saturated heterocycles. The lowest BCUT2D eigenvalue weighted by atomic mass is 10.3. The first-order chi connectivity index (χ1) is 9.38. The summed E-state index contributed by atoms with van der Waals surface area (Å²) in [4.78, 5) is 1.35. The van der Waals surface area contributed by atoms with Crippen molar-refractivity contribution in [1.82, 2.24) is 10.0 Å². The van der Waals surface area contributed by atoms with Crippen LogP contribution in [0.25, 0.3) is 0 Å². The van der Waals surface area contributed by atoms with Gasteiger partial charge in [0, 0.05) is 24.0 Å². The van der Waals surface area contributed by atoms with Crippen LogP contribution in [0.15, 0.2) is 10.3 Å². The van der Waals surface area contributed by atoms with Gasteiger partial charge in [-0.3, -0.25) is 0 Å². The molecule has 4 nitrogen and oxygen atoms in total. The molecule has 0 fully saturated rings. The zero-order chi connectivity index (χ0) is 15.2. The van der Waals surface area contributed by atoms with E-state index in [0.29, 0.717) is 24.0 Å². The van der Waals surface area contributed by atoms with E-state index in [-0.39, 0.29) is 0 Å². The highest BCUT2D eigenvalue weighted by Gasteiger charge is 2.22. The molecule has 1 aromatic rings. The Morgan fingerprint density at radius 2 is 2.00 bits per heavy atom. The summed E-state index contributed by atoms with van der Waals surface area (Å²) in [6.45, 7) is 9.18. The smallest absolute Gasteiger partial charge is 0.241 e. The SMILES string of the molecule is CCCCCNS(=O)(=O)c1c(C)csc1CNC(C)C. The summed E-state index contributed by atoms with van der Waals surface area (Å²) in [6, 6.07) is 0.338. The molecule has 0 aliphatic heterocycles. The Kier molecular flexibility index (Phi) is 7.15. The summed E-state index contributed by atoms with van der Waals surface area (Å²) in [5.41, 5.74) is 0.832. The highest BCUT2D eigenvalue weighted by Crippen LogP contribution is 2.26. The third-order valence-corrected chi connectivity index (χ3v) is 5.92. The van der Waals surface area contributed by atoms with Gasteiger partial charge in [-0.15, -0.1) is 11.3 Å². The second-order valence-corrected chi connectivity index (χ2v) is 7.98. The fraction of sp³-hybridized carbons (Fsp3) is 0.714. The highest BCUT2D eigenvalue weighted by molar-refractivity contribution is 7.89. The van der Waals surface area contributed by atoms with E-state index in [1.165, 1.54) is 11.3 Å². The topological polar surface area (TPSA) is 58.2 Å². The van der Waals surface area contributed by atoms with Gasteiger partial charge in [-0.1, -0.05) is 33.6 Å². The number of nitrogens with one attached hydrogen (secondary N) is 2. The van der Waals surface area contributed by atoms with Crippen LogP contribution in [0.2, 0.25) is 0 Å². The molecule has 0 radical (unpaired) electrons. The maximum atomic E-state index is 12.4. The van der Waals surface area contributed by atoms with Gasteiger partial charge >= 0.3 is 0 Å². The minimum absolute atomic E-state index is 0.338. The third kappa shape index (κ3) is 5.16. The zero-order valence-corrected chi connectivity index (χ0v) is 14.5. The van der Waals surface area contributed by atoms with Crippen molar-refractivity contribution >= 4 is 21.4 Å². The molecular formula is C14H26N2O2S2. The minimum atomic E-state index is -3.39. The van der Waals surface area contributed by atoms with Crippen molar-refractivity contribution in [1.29, 1.82) is 0 Å². The zero-order valence-electron chi connectivity index (χ0n) is 12.8. The summed E-state index contributed by atoms with van der Waals surface area (Å²) in [5.74, 6) is 0. The van der Waals surface area contributed by atoms with Gasteiger partial charge in [0.05, 0.1) is 0 Å². The fourth-order valence-electron chi connectivity index (χ4n) is 1.92. The van der Waals surface area contributed by atoms with Crippen LogP contribution >= 0.6 is 11.3 Å². The Bertz CT molecular complexity index is 507. The van der Waals surface area contributed by atoms with Gasteiger partial charge in [-0.2, -0.15) is 0 Å². The molecule has 6 heteroatoms. The largest absolute Gasteiger partial charge is 0.310 e. The Morgan fingerprint density at radius 3 is 2.60 bits per heavy atom. The number of unbranched alkanes of at least 4 members (excludes halogenated alkanes) is 2. The van der Waals surface area contributed by atoms with Crippen molar-refractivity contribution in [2.75, 3.05) is 6.54 Å². The van der Waals surface area contributed by atoms with Gasteiger partial charge in [0.15, 0.2) is 0 Å². The summed E-state index contributed by atoms with van der Waals surface area (Å²) >= 11 is 1.51. The Balaban J connectivity index is 2.79. The molecule has 0 atom stereocenters. The van der Waals surface area contributed by atoms with Crippen LogP contribution in [0.4, 0.5) is 0 Å². The number of aryl methyl sites for hydroxylation is 1. The Morgan fingerprint density at radius 1 is 1.30 bits per heavy atom. The Labute approximate surface area is 127 Å². The van der Waals surface area contributed by atoms with Crippen molar-refractivity contribution in [2.24, 2.45) is 0 Å². The third-order valence-electron chi connectivity index (χ3n) is 3.00. The molecule has 0 amide bonds. The van der Waals surface area contributed by atoms with Gasteiger partial charge in [0.2, 0.25) is 10.0 Å². The van der Waals surface area contributed by atoms with Crippen LogP contribution in [-0.2, 0) is 16.6 Å². The van der Waals surface area contributed by atoms with Crippen LogP contribution in [-0.4, -0.2) is 21.0 Å². The fourth-order valence-corrected chi connectivity index (χ4v) is 4.75. The first-order valence-electron chi connectivity index (χ1n) is 7.18. The second kappa shape index (κ2) is 8.12. The monoisotopic (exact) mass is 318 g/mol. The lowest BCUT2D eigenvalue weighted by Gasteiger charge is -2.11. The van der Waals surface area contributed by atoms with E-state index in [2.05, 4.69) is 30.8 Å². The van der Waals surface area contributed by atoms with Gasteiger partial charge in [-0.05, 0) is 24.3 Å². The van der Waals surface area contributed by atoms with Crippen molar-refractivity contribution in [3.8, 4) is 0 Å². The van der Waals surface area contributed by atoms with Gasteiger partial charge in [0.1, 0.15) is 4.90 Å². The molecule has 0 aliphatic rings. The summed E-state index contributed by atoms with van der Waals surface area (Å²) in [5, 5.41) is 5.20. The van der Waals surface area contributed by atoms with Crippen molar-refractivity contribution in [3.63, 3.8) is 0 Å². The lowest BCUT2D eigenvalue weighted by Crippen LogP contribution is -2.27. The average Bonchev–Trinajstić information content (AvgIpc) is 2.74. The van der Waals surface area contributed by atoms with E-state index in [0.717, 1.165) is 29.7 Å². The summed E-state index contributed by atoms with van der Waals surface area (Å²) < 4.78 is 27.5. The van der Waals surface area contributed by atoms with E-state index in [4.69, 9.17) is 0 Å². The molecule has 1 heterocycles. The van der Waals surface area contributed by atoms with E-state index in [9.17, 15) is 8.42 Å². The molecule has 0 unspecified atom stereocenters. The summed E-state index contributed by atoms with van der Waals surface area (Å²) in [6.07, 6.45) is 3.02. The molecule has 0 bridgehead atoms. The molecular weight excluding hydrogens is 292 g/mol. The highest BCUT2D eigenvalue weighted by atomic mass is 32.2. The average molecular weight is 319 g/mol. The maximum absolute atomic E-state index is 12.4. The summed E-state index contributed by atoms with van der Waals surface area (Å²) in [7, 11) is -3.39. The maximum Gasteiger partial charge on any atom is 0.241 e. The van der Waals surface area contributed by atoms with Crippen molar-refractivity contribution in [2.45, 2.75) is 64.4 Å². The van der Waals surface area contributed by atoms with Gasteiger partial charge in [-0.25, -0.2) is 13.1 Å². The first kappa shape index (κ1) is 17.6. The number of thiophene rings is 1. The van der Waals surface area contributed by atoms with Crippen molar-refractivity contribution < 1.29 is 8.42 Å². The molecule has 0 aromatic carbocycles. The van der Waals surface area contributed by atoms with E-state index >= 15 is 0 Å². The van der Waals surface area contributed by atoms with Crippen LogP contribution in [0, 0.1) is 6.92 Å². The second-order valence-electron chi connectivity index (χ2n) is 5.31.